The monoisotopic (exact) mass is 323 g/mol. The number of ether oxygens (including phenoxy) is 1. The molecule has 0 aliphatic carbocycles. The fraction of sp³-hybridized carbons (Fsp3) is 0.733. The lowest BCUT2D eigenvalue weighted by atomic mass is 10.2. The zero-order chi connectivity index (χ0) is 15.4. The fourth-order valence-electron chi connectivity index (χ4n) is 2.82. The molecule has 1 saturated heterocycles. The molecule has 3 heterocycles. The van der Waals surface area contributed by atoms with Crippen LogP contribution in [-0.4, -0.2) is 59.1 Å². The van der Waals surface area contributed by atoms with Crippen LogP contribution in [-0.2, 0) is 11.8 Å². The second kappa shape index (κ2) is 7.39. The molecule has 1 aliphatic rings. The van der Waals surface area contributed by atoms with Gasteiger partial charge in [0.1, 0.15) is 0 Å². The minimum atomic E-state index is 0.896. The van der Waals surface area contributed by atoms with Gasteiger partial charge in [0.2, 0.25) is 0 Å². The first-order valence-corrected chi connectivity index (χ1v) is 8.90. The van der Waals surface area contributed by atoms with Crippen molar-refractivity contribution in [2.24, 2.45) is 7.05 Å². The van der Waals surface area contributed by atoms with Crippen molar-refractivity contribution < 1.29 is 4.74 Å². The topological polar surface area (TPSA) is 55.2 Å². The number of hydrogen-bond acceptors (Lipinski definition) is 6. The van der Waals surface area contributed by atoms with Crippen LogP contribution in [0.3, 0.4) is 0 Å². The maximum absolute atomic E-state index is 5.36. The molecule has 0 aromatic carbocycles. The van der Waals surface area contributed by atoms with Crippen molar-refractivity contribution in [3.63, 3.8) is 0 Å². The van der Waals surface area contributed by atoms with Crippen molar-refractivity contribution in [2.45, 2.75) is 26.2 Å². The van der Waals surface area contributed by atoms with Gasteiger partial charge in [0.25, 0.3) is 0 Å². The van der Waals surface area contributed by atoms with Gasteiger partial charge in [-0.15, -0.1) is 0 Å². The number of unbranched alkanes of at least 4 members (excludes halogenated alkanes) is 2. The summed E-state index contributed by atoms with van der Waals surface area (Å²) in [5.41, 5.74) is 2.05. The highest BCUT2D eigenvalue weighted by molar-refractivity contribution is 7.22. The molecule has 2 aromatic rings. The molecule has 0 atom stereocenters. The van der Waals surface area contributed by atoms with Gasteiger partial charge in [-0.25, -0.2) is 9.67 Å². The standard InChI is InChI=1S/C15H25N5OS/c1-12-13-14(19(2)18-12)17-15(22-13)16-6-4-3-5-7-20-8-10-21-11-9-20/h3-11H2,1-2H3,(H,16,17). The molecule has 7 heteroatoms. The molecule has 0 bridgehead atoms. The van der Waals surface area contributed by atoms with E-state index in [1.807, 2.05) is 18.7 Å². The van der Waals surface area contributed by atoms with Gasteiger partial charge in [0.05, 0.1) is 23.6 Å². The minimum Gasteiger partial charge on any atom is -0.379 e. The van der Waals surface area contributed by atoms with E-state index in [1.54, 1.807) is 11.3 Å². The highest BCUT2D eigenvalue weighted by Gasteiger charge is 2.11. The molecule has 1 N–H and O–H groups in total. The average Bonchev–Trinajstić information content (AvgIpc) is 3.06. The summed E-state index contributed by atoms with van der Waals surface area (Å²) >= 11 is 1.70. The smallest absolute Gasteiger partial charge is 0.185 e. The predicted octanol–water partition coefficient (Wildman–Crippen LogP) is 2.25. The molecule has 3 rings (SSSR count). The Morgan fingerprint density at radius 3 is 2.82 bits per heavy atom. The van der Waals surface area contributed by atoms with E-state index in [0.717, 1.165) is 49.3 Å². The molecule has 1 aliphatic heterocycles. The summed E-state index contributed by atoms with van der Waals surface area (Å²) < 4.78 is 8.41. The Balaban J connectivity index is 1.34. The summed E-state index contributed by atoms with van der Waals surface area (Å²) in [6.45, 7) is 8.22. The number of aryl methyl sites for hydroxylation is 2. The molecule has 1 fully saturated rings. The van der Waals surface area contributed by atoms with Gasteiger partial charge in [-0.05, 0) is 26.3 Å². The van der Waals surface area contributed by atoms with E-state index in [4.69, 9.17) is 4.74 Å². The van der Waals surface area contributed by atoms with Crippen LogP contribution in [0.2, 0.25) is 0 Å². The molecule has 0 spiro atoms. The zero-order valence-corrected chi connectivity index (χ0v) is 14.3. The van der Waals surface area contributed by atoms with Gasteiger partial charge in [0.15, 0.2) is 10.8 Å². The van der Waals surface area contributed by atoms with Gasteiger partial charge in [0, 0.05) is 26.7 Å². The van der Waals surface area contributed by atoms with Crippen LogP contribution in [0.5, 0.6) is 0 Å². The van der Waals surface area contributed by atoms with Gasteiger partial charge in [-0.2, -0.15) is 5.10 Å². The van der Waals surface area contributed by atoms with Gasteiger partial charge >= 0.3 is 0 Å². The summed E-state index contributed by atoms with van der Waals surface area (Å²) in [6.07, 6.45) is 3.72. The maximum Gasteiger partial charge on any atom is 0.185 e. The van der Waals surface area contributed by atoms with Crippen LogP contribution in [0.15, 0.2) is 0 Å². The van der Waals surface area contributed by atoms with Crippen molar-refractivity contribution in [2.75, 3.05) is 44.7 Å². The van der Waals surface area contributed by atoms with E-state index >= 15 is 0 Å². The molecule has 0 radical (unpaired) electrons. The summed E-state index contributed by atoms with van der Waals surface area (Å²) in [6, 6.07) is 0. The Morgan fingerprint density at radius 1 is 1.23 bits per heavy atom. The van der Waals surface area contributed by atoms with Crippen molar-refractivity contribution in [1.29, 1.82) is 0 Å². The number of thiazole rings is 1. The molecule has 0 amide bonds. The summed E-state index contributed by atoms with van der Waals surface area (Å²) in [5, 5.41) is 8.84. The number of nitrogens with one attached hydrogen (secondary N) is 1. The normalized spacial score (nSPS) is 16.5. The lowest BCUT2D eigenvalue weighted by Gasteiger charge is -2.26. The third-order valence-electron chi connectivity index (χ3n) is 4.08. The Bertz CT molecular complexity index is 568. The van der Waals surface area contributed by atoms with Crippen molar-refractivity contribution >= 4 is 26.8 Å². The van der Waals surface area contributed by atoms with Crippen molar-refractivity contribution in [3.05, 3.63) is 5.69 Å². The van der Waals surface area contributed by atoms with Crippen LogP contribution in [0.4, 0.5) is 5.13 Å². The summed E-state index contributed by atoms with van der Waals surface area (Å²) in [4.78, 5) is 7.11. The summed E-state index contributed by atoms with van der Waals surface area (Å²) in [5.74, 6) is 0. The lowest BCUT2D eigenvalue weighted by Crippen LogP contribution is -2.36. The number of morpholine rings is 1. The van der Waals surface area contributed by atoms with E-state index in [2.05, 4.69) is 20.3 Å². The zero-order valence-electron chi connectivity index (χ0n) is 13.5. The SMILES string of the molecule is Cc1nn(C)c2nc(NCCCCCN3CCOCC3)sc12. The minimum absolute atomic E-state index is 0.896. The second-order valence-corrected chi connectivity index (χ2v) is 6.82. The summed E-state index contributed by atoms with van der Waals surface area (Å²) in [7, 11) is 1.95. The van der Waals surface area contributed by atoms with Crippen molar-refractivity contribution in [3.8, 4) is 0 Å². The fourth-order valence-corrected chi connectivity index (χ4v) is 3.78. The first-order chi connectivity index (χ1) is 10.7. The largest absolute Gasteiger partial charge is 0.379 e. The Kier molecular flexibility index (Phi) is 5.28. The first kappa shape index (κ1) is 15.7. The highest BCUT2D eigenvalue weighted by atomic mass is 32.1. The van der Waals surface area contributed by atoms with E-state index in [-0.39, 0.29) is 0 Å². The average molecular weight is 323 g/mol. The van der Waals surface area contributed by atoms with Crippen LogP contribution < -0.4 is 5.32 Å². The van der Waals surface area contributed by atoms with Crippen molar-refractivity contribution in [1.82, 2.24) is 19.7 Å². The molecular weight excluding hydrogens is 298 g/mol. The molecule has 122 valence electrons. The molecule has 0 unspecified atom stereocenters. The molecule has 6 nitrogen and oxygen atoms in total. The van der Waals surface area contributed by atoms with Crippen LogP contribution >= 0.6 is 11.3 Å². The number of fused-ring (bicyclic) bond motifs is 1. The van der Waals surface area contributed by atoms with Gasteiger partial charge < -0.3 is 10.1 Å². The van der Waals surface area contributed by atoms with E-state index in [0.29, 0.717) is 0 Å². The van der Waals surface area contributed by atoms with Gasteiger partial charge in [-0.3, -0.25) is 4.90 Å². The van der Waals surface area contributed by atoms with Crippen LogP contribution in [0.1, 0.15) is 25.0 Å². The number of nitrogens with zero attached hydrogens (tertiary/aromatic N) is 4. The van der Waals surface area contributed by atoms with E-state index in [9.17, 15) is 0 Å². The second-order valence-electron chi connectivity index (χ2n) is 5.82. The Labute approximate surface area is 135 Å². The maximum atomic E-state index is 5.36. The Hall–Kier alpha value is -1.18. The first-order valence-electron chi connectivity index (χ1n) is 8.08. The molecule has 22 heavy (non-hydrogen) atoms. The quantitative estimate of drug-likeness (QED) is 0.792. The molecular formula is C15H25N5OS. The Morgan fingerprint density at radius 2 is 2.05 bits per heavy atom. The molecule has 2 aromatic heterocycles. The number of anilines is 1. The van der Waals surface area contributed by atoms with Crippen LogP contribution in [0, 0.1) is 6.92 Å². The number of hydrogen-bond donors (Lipinski definition) is 1. The lowest BCUT2D eigenvalue weighted by molar-refractivity contribution is 0.0372. The van der Waals surface area contributed by atoms with Gasteiger partial charge in [-0.1, -0.05) is 17.8 Å². The highest BCUT2D eigenvalue weighted by Crippen LogP contribution is 2.27. The van der Waals surface area contributed by atoms with Crippen LogP contribution in [0.25, 0.3) is 10.3 Å². The third-order valence-corrected chi connectivity index (χ3v) is 5.19. The third kappa shape index (κ3) is 3.77. The predicted molar refractivity (Wildman–Crippen MR) is 90.7 cm³/mol. The van der Waals surface area contributed by atoms with E-state index in [1.165, 1.54) is 30.5 Å². The molecule has 0 saturated carbocycles. The number of rotatable bonds is 7. The van der Waals surface area contributed by atoms with E-state index < -0.39 is 0 Å². The number of aromatic nitrogens is 3.